The number of carbonyl (C=O) groups is 3. The molecule has 0 saturated carbocycles. The van der Waals surface area contributed by atoms with Crippen LogP contribution in [0.25, 0.3) is 0 Å². The van der Waals surface area contributed by atoms with E-state index in [1.54, 1.807) is 23.2 Å². The Kier molecular flexibility index (Phi) is 10.0. The Labute approximate surface area is 217 Å². The van der Waals surface area contributed by atoms with Gasteiger partial charge < -0.3 is 29.9 Å². The highest BCUT2D eigenvalue weighted by Crippen LogP contribution is 2.26. The number of nitrogens with one attached hydrogen (secondary N) is 1. The van der Waals surface area contributed by atoms with Crippen LogP contribution in [0.2, 0.25) is 0 Å². The Morgan fingerprint density at radius 1 is 1.14 bits per heavy atom. The minimum Gasteiger partial charge on any atom is -0.480 e. The monoisotopic (exact) mass is 512 g/mol. The van der Waals surface area contributed by atoms with E-state index in [2.05, 4.69) is 15.3 Å². The number of aliphatic carboxylic acids is 1. The highest BCUT2D eigenvalue weighted by molar-refractivity contribution is 5.84. The third kappa shape index (κ3) is 7.31. The number of aromatic nitrogens is 2. The van der Waals surface area contributed by atoms with E-state index in [0.29, 0.717) is 68.8 Å². The topological polar surface area (TPSA) is 128 Å². The lowest BCUT2D eigenvalue weighted by atomic mass is 10.0. The fourth-order valence-corrected chi connectivity index (χ4v) is 4.17. The van der Waals surface area contributed by atoms with Crippen molar-refractivity contribution in [2.75, 3.05) is 47.8 Å². The van der Waals surface area contributed by atoms with Crippen molar-refractivity contribution >= 4 is 35.9 Å². The molecule has 1 fully saturated rings. The van der Waals surface area contributed by atoms with Crippen molar-refractivity contribution in [2.45, 2.75) is 52.5 Å². The van der Waals surface area contributed by atoms with Crippen molar-refractivity contribution in [2.24, 2.45) is 0 Å². The predicted molar refractivity (Wildman–Crippen MR) is 141 cm³/mol. The number of likely N-dealkylation sites (tertiary alicyclic amines) is 1. The molecular weight excluding hydrogens is 476 g/mol. The third-order valence-electron chi connectivity index (χ3n) is 6.40. The van der Waals surface area contributed by atoms with Gasteiger partial charge in [0, 0.05) is 32.7 Å². The van der Waals surface area contributed by atoms with Crippen molar-refractivity contribution in [1.29, 1.82) is 0 Å². The summed E-state index contributed by atoms with van der Waals surface area (Å²) < 4.78 is 5.43. The number of benzene rings is 1. The van der Waals surface area contributed by atoms with E-state index in [9.17, 15) is 19.5 Å². The Balaban J connectivity index is 1.71. The number of ether oxygens (including phenoxy) is 1. The minimum absolute atomic E-state index is 0.277. The lowest BCUT2D eigenvalue weighted by molar-refractivity contribution is -0.138. The fourth-order valence-electron chi connectivity index (χ4n) is 4.17. The van der Waals surface area contributed by atoms with Crippen molar-refractivity contribution in [1.82, 2.24) is 14.9 Å². The number of aryl methyl sites for hydroxylation is 1. The summed E-state index contributed by atoms with van der Waals surface area (Å²) in [7, 11) is 0. The Morgan fingerprint density at radius 2 is 1.81 bits per heavy atom. The highest BCUT2D eigenvalue weighted by Gasteiger charge is 2.23. The second kappa shape index (κ2) is 13.4. The van der Waals surface area contributed by atoms with Gasteiger partial charge in [-0.3, -0.25) is 4.79 Å². The zero-order chi connectivity index (χ0) is 26.8. The molecule has 2 heterocycles. The van der Waals surface area contributed by atoms with Crippen molar-refractivity contribution < 1.29 is 24.2 Å². The molecule has 37 heavy (non-hydrogen) atoms. The second-order valence-electron chi connectivity index (χ2n) is 8.75. The molecule has 1 aliphatic heterocycles. The molecule has 2 N–H and O–H groups in total. The summed E-state index contributed by atoms with van der Waals surface area (Å²) in [5.74, 6) is 0.180. The van der Waals surface area contributed by atoms with Gasteiger partial charge in [0.2, 0.25) is 12.4 Å². The van der Waals surface area contributed by atoms with Gasteiger partial charge in [-0.15, -0.1) is 0 Å². The number of hydrogen-bond donors (Lipinski definition) is 2. The molecule has 2 amide bonds. The quantitative estimate of drug-likeness (QED) is 0.388. The molecule has 1 aliphatic rings. The standard InChI is InChI=1S/C26H36N6O5/c1-4-30(5-2)25-27-17-22(31(6-3)18-33)23(29-25)28-21(24(34)35)14-11-19-9-12-20(13-10-19)37-26(36)32-15-7-8-16-32/h9-10,12-13,17-18,21H,4-8,11,14-16H2,1-3H3,(H,34,35)(H,27,28,29). The van der Waals surface area contributed by atoms with Gasteiger partial charge in [0.1, 0.15) is 17.5 Å². The molecule has 11 nitrogen and oxygen atoms in total. The first-order chi connectivity index (χ1) is 17.9. The van der Waals surface area contributed by atoms with Gasteiger partial charge in [-0.05, 0) is 64.2 Å². The van der Waals surface area contributed by atoms with Gasteiger partial charge in [-0.25, -0.2) is 14.6 Å². The normalized spacial score (nSPS) is 13.6. The zero-order valence-electron chi connectivity index (χ0n) is 21.7. The van der Waals surface area contributed by atoms with Crippen LogP contribution in [0.5, 0.6) is 5.75 Å². The molecule has 3 rings (SSSR count). The maximum atomic E-state index is 12.2. The zero-order valence-corrected chi connectivity index (χ0v) is 21.7. The van der Waals surface area contributed by atoms with Crippen LogP contribution in [-0.4, -0.2) is 77.2 Å². The first-order valence-corrected chi connectivity index (χ1v) is 12.8. The molecule has 1 unspecified atom stereocenters. The lowest BCUT2D eigenvalue weighted by Crippen LogP contribution is -2.33. The van der Waals surface area contributed by atoms with Gasteiger partial charge in [0.25, 0.3) is 0 Å². The number of carboxylic acids is 1. The van der Waals surface area contributed by atoms with Crippen LogP contribution in [0.1, 0.15) is 45.6 Å². The summed E-state index contributed by atoms with van der Waals surface area (Å²) in [5, 5.41) is 12.9. The minimum atomic E-state index is -1.03. The van der Waals surface area contributed by atoms with E-state index >= 15 is 0 Å². The number of nitrogens with zero attached hydrogens (tertiary/aromatic N) is 5. The summed E-state index contributed by atoms with van der Waals surface area (Å²) in [6, 6.07) is 6.14. The van der Waals surface area contributed by atoms with E-state index in [1.807, 2.05) is 37.8 Å². The number of rotatable bonds is 13. The molecule has 1 aromatic heterocycles. The van der Waals surface area contributed by atoms with Crippen molar-refractivity contribution in [3.63, 3.8) is 0 Å². The molecular formula is C26H36N6O5. The average molecular weight is 513 g/mol. The van der Waals surface area contributed by atoms with Gasteiger partial charge in [0.15, 0.2) is 5.82 Å². The van der Waals surface area contributed by atoms with Gasteiger partial charge in [-0.2, -0.15) is 4.98 Å². The smallest absolute Gasteiger partial charge is 0.415 e. The summed E-state index contributed by atoms with van der Waals surface area (Å²) in [6.45, 7) is 8.97. The summed E-state index contributed by atoms with van der Waals surface area (Å²) in [6.07, 6.45) is 4.61. The van der Waals surface area contributed by atoms with Crippen LogP contribution in [-0.2, 0) is 16.0 Å². The van der Waals surface area contributed by atoms with Crippen LogP contribution < -0.4 is 19.9 Å². The van der Waals surface area contributed by atoms with E-state index in [1.165, 1.54) is 4.90 Å². The van der Waals surface area contributed by atoms with Crippen molar-refractivity contribution in [3.8, 4) is 5.75 Å². The first-order valence-electron chi connectivity index (χ1n) is 12.8. The summed E-state index contributed by atoms with van der Waals surface area (Å²) in [4.78, 5) is 49.9. The molecule has 0 spiro atoms. The second-order valence-corrected chi connectivity index (χ2v) is 8.75. The number of hydrogen-bond acceptors (Lipinski definition) is 8. The van der Waals surface area contributed by atoms with E-state index in [0.717, 1.165) is 18.4 Å². The highest BCUT2D eigenvalue weighted by atomic mass is 16.6. The first kappa shape index (κ1) is 27.7. The number of carboxylic acid groups (broad SMARTS) is 1. The van der Waals surface area contributed by atoms with Crippen molar-refractivity contribution in [3.05, 3.63) is 36.0 Å². The maximum absolute atomic E-state index is 12.2. The molecule has 2 aromatic rings. The van der Waals surface area contributed by atoms with Crippen LogP contribution in [0, 0.1) is 0 Å². The van der Waals surface area contributed by atoms with E-state index in [-0.39, 0.29) is 12.5 Å². The Morgan fingerprint density at radius 3 is 2.38 bits per heavy atom. The van der Waals surface area contributed by atoms with Crippen LogP contribution in [0.4, 0.5) is 22.2 Å². The molecule has 0 aliphatic carbocycles. The maximum Gasteiger partial charge on any atom is 0.415 e. The molecule has 11 heteroatoms. The molecule has 0 radical (unpaired) electrons. The summed E-state index contributed by atoms with van der Waals surface area (Å²) in [5.41, 5.74) is 1.33. The van der Waals surface area contributed by atoms with Crippen LogP contribution in [0.3, 0.4) is 0 Å². The number of carbonyl (C=O) groups excluding carboxylic acids is 2. The fraction of sp³-hybridized carbons (Fsp3) is 0.500. The molecule has 1 aromatic carbocycles. The third-order valence-corrected chi connectivity index (χ3v) is 6.40. The largest absolute Gasteiger partial charge is 0.480 e. The van der Waals surface area contributed by atoms with E-state index < -0.39 is 12.0 Å². The van der Waals surface area contributed by atoms with Gasteiger partial charge in [-0.1, -0.05) is 12.1 Å². The van der Waals surface area contributed by atoms with E-state index in [4.69, 9.17) is 4.74 Å². The SMILES string of the molecule is CCN(C=O)c1cnc(N(CC)CC)nc1NC(CCc1ccc(OC(=O)N2CCCC2)cc1)C(=O)O. The number of amides is 2. The predicted octanol–water partition coefficient (Wildman–Crippen LogP) is 3.40. The van der Waals surface area contributed by atoms with Crippen LogP contribution >= 0.6 is 0 Å². The average Bonchev–Trinajstić information content (AvgIpc) is 3.45. The molecule has 1 atom stereocenters. The summed E-state index contributed by atoms with van der Waals surface area (Å²) >= 11 is 0. The van der Waals surface area contributed by atoms with Crippen LogP contribution in [0.15, 0.2) is 30.5 Å². The lowest BCUT2D eigenvalue weighted by Gasteiger charge is -2.24. The van der Waals surface area contributed by atoms with Gasteiger partial charge >= 0.3 is 12.1 Å². The Hall–Kier alpha value is -3.89. The van der Waals surface area contributed by atoms with Gasteiger partial charge in [0.05, 0.1) is 6.20 Å². The molecule has 1 saturated heterocycles. The number of anilines is 3. The molecule has 0 bridgehead atoms. The Bertz CT molecular complexity index is 1050. The molecule has 200 valence electrons.